The molecule has 4 heteroatoms. The standard InChI is InChI=1S/C20H24BrNO2/c1-2-3-4-5-6-13-24-19-12-8-11-18(15-19)22-20(23)16-9-7-10-17(21)14-16/h7-12,14-15H,2-6,13H2,1H3,(H,22,23). The van der Waals surface area contributed by atoms with Crippen molar-refractivity contribution in [2.45, 2.75) is 39.0 Å². The van der Waals surface area contributed by atoms with Gasteiger partial charge in [0.1, 0.15) is 5.75 Å². The van der Waals surface area contributed by atoms with Gasteiger partial charge in [0.2, 0.25) is 0 Å². The Bertz CT molecular complexity index is 658. The first-order valence-corrected chi connectivity index (χ1v) is 9.28. The number of amides is 1. The van der Waals surface area contributed by atoms with Crippen LogP contribution in [0.5, 0.6) is 5.75 Å². The second-order valence-electron chi connectivity index (χ2n) is 5.75. The molecule has 0 aliphatic rings. The minimum absolute atomic E-state index is 0.131. The fraction of sp³-hybridized carbons (Fsp3) is 0.350. The third-order valence-corrected chi connectivity index (χ3v) is 4.19. The zero-order valence-electron chi connectivity index (χ0n) is 14.1. The number of carbonyl (C=O) groups is 1. The van der Waals surface area contributed by atoms with Crippen LogP contribution in [0, 0.1) is 0 Å². The van der Waals surface area contributed by atoms with E-state index in [1.807, 2.05) is 36.4 Å². The molecule has 1 N–H and O–H groups in total. The Labute approximate surface area is 152 Å². The summed E-state index contributed by atoms with van der Waals surface area (Å²) in [5.74, 6) is 0.658. The van der Waals surface area contributed by atoms with Gasteiger partial charge in [-0.3, -0.25) is 4.79 Å². The molecular weight excluding hydrogens is 366 g/mol. The molecule has 0 aromatic heterocycles. The van der Waals surface area contributed by atoms with Crippen LogP contribution in [0.4, 0.5) is 5.69 Å². The molecule has 0 aliphatic heterocycles. The highest BCUT2D eigenvalue weighted by Gasteiger charge is 2.07. The molecule has 2 aromatic carbocycles. The Kier molecular flexibility index (Phi) is 7.83. The third-order valence-electron chi connectivity index (χ3n) is 3.70. The maximum atomic E-state index is 12.3. The molecule has 128 valence electrons. The highest BCUT2D eigenvalue weighted by molar-refractivity contribution is 9.10. The maximum absolute atomic E-state index is 12.3. The van der Waals surface area contributed by atoms with Crippen molar-refractivity contribution in [2.75, 3.05) is 11.9 Å². The van der Waals surface area contributed by atoms with E-state index >= 15 is 0 Å². The van der Waals surface area contributed by atoms with Crippen LogP contribution in [-0.4, -0.2) is 12.5 Å². The summed E-state index contributed by atoms with van der Waals surface area (Å²) in [5.41, 5.74) is 1.36. The lowest BCUT2D eigenvalue weighted by atomic mass is 10.2. The second kappa shape index (κ2) is 10.1. The molecule has 0 heterocycles. The number of benzene rings is 2. The quantitative estimate of drug-likeness (QED) is 0.529. The first-order valence-electron chi connectivity index (χ1n) is 8.49. The van der Waals surface area contributed by atoms with Crippen molar-refractivity contribution in [3.05, 3.63) is 58.6 Å². The maximum Gasteiger partial charge on any atom is 0.255 e. The summed E-state index contributed by atoms with van der Waals surface area (Å²) in [7, 11) is 0. The molecule has 0 fully saturated rings. The molecule has 0 radical (unpaired) electrons. The van der Waals surface area contributed by atoms with Crippen LogP contribution in [0.15, 0.2) is 53.0 Å². The van der Waals surface area contributed by atoms with Gasteiger partial charge >= 0.3 is 0 Å². The zero-order valence-corrected chi connectivity index (χ0v) is 15.6. The molecular formula is C20H24BrNO2. The lowest BCUT2D eigenvalue weighted by molar-refractivity contribution is 0.102. The van der Waals surface area contributed by atoms with Gasteiger partial charge < -0.3 is 10.1 Å². The van der Waals surface area contributed by atoms with Crippen LogP contribution in [0.2, 0.25) is 0 Å². The average molecular weight is 390 g/mol. The average Bonchev–Trinajstić information content (AvgIpc) is 2.58. The minimum atomic E-state index is -0.131. The third kappa shape index (κ3) is 6.36. The molecule has 0 saturated carbocycles. The fourth-order valence-corrected chi connectivity index (χ4v) is 2.79. The van der Waals surface area contributed by atoms with Gasteiger partial charge in [-0.05, 0) is 36.8 Å². The molecule has 0 atom stereocenters. The van der Waals surface area contributed by atoms with E-state index in [1.54, 1.807) is 12.1 Å². The molecule has 0 bridgehead atoms. The van der Waals surface area contributed by atoms with Gasteiger partial charge in [0.15, 0.2) is 0 Å². The normalized spacial score (nSPS) is 10.4. The van der Waals surface area contributed by atoms with E-state index in [9.17, 15) is 4.79 Å². The summed E-state index contributed by atoms with van der Waals surface area (Å²) in [6, 6.07) is 14.9. The highest BCUT2D eigenvalue weighted by Crippen LogP contribution is 2.19. The summed E-state index contributed by atoms with van der Waals surface area (Å²) < 4.78 is 6.66. The van der Waals surface area contributed by atoms with Crippen molar-refractivity contribution >= 4 is 27.5 Å². The number of nitrogens with one attached hydrogen (secondary N) is 1. The van der Waals surface area contributed by atoms with Crippen molar-refractivity contribution in [1.29, 1.82) is 0 Å². The monoisotopic (exact) mass is 389 g/mol. The molecule has 24 heavy (non-hydrogen) atoms. The highest BCUT2D eigenvalue weighted by atomic mass is 79.9. The van der Waals surface area contributed by atoms with Gasteiger partial charge in [-0.25, -0.2) is 0 Å². The van der Waals surface area contributed by atoms with Crippen molar-refractivity contribution in [1.82, 2.24) is 0 Å². The smallest absolute Gasteiger partial charge is 0.255 e. The largest absolute Gasteiger partial charge is 0.494 e. The summed E-state index contributed by atoms with van der Waals surface area (Å²) in [5, 5.41) is 2.90. The number of hydrogen-bond donors (Lipinski definition) is 1. The van der Waals surface area contributed by atoms with E-state index in [0.29, 0.717) is 12.2 Å². The summed E-state index contributed by atoms with van der Waals surface area (Å²) in [4.78, 5) is 12.3. The Balaban J connectivity index is 1.85. The molecule has 2 aromatic rings. The molecule has 0 aliphatic carbocycles. The van der Waals surface area contributed by atoms with Crippen molar-refractivity contribution in [3.8, 4) is 5.75 Å². The Morgan fingerprint density at radius 2 is 1.83 bits per heavy atom. The molecule has 2 rings (SSSR count). The lowest BCUT2D eigenvalue weighted by Gasteiger charge is -2.09. The van der Waals surface area contributed by atoms with Crippen LogP contribution in [-0.2, 0) is 0 Å². The zero-order chi connectivity index (χ0) is 17.2. The predicted molar refractivity (Wildman–Crippen MR) is 103 cm³/mol. The molecule has 0 unspecified atom stereocenters. The first kappa shape index (κ1) is 18.5. The van der Waals surface area contributed by atoms with E-state index < -0.39 is 0 Å². The number of ether oxygens (including phenoxy) is 1. The van der Waals surface area contributed by atoms with E-state index in [0.717, 1.165) is 22.3 Å². The van der Waals surface area contributed by atoms with Crippen molar-refractivity contribution < 1.29 is 9.53 Å². The van der Waals surface area contributed by atoms with Gasteiger partial charge in [0.25, 0.3) is 5.91 Å². The first-order chi connectivity index (χ1) is 11.7. The summed E-state index contributed by atoms with van der Waals surface area (Å²) in [6.07, 6.45) is 6.07. The second-order valence-corrected chi connectivity index (χ2v) is 6.67. The van der Waals surface area contributed by atoms with Crippen molar-refractivity contribution in [2.24, 2.45) is 0 Å². The van der Waals surface area contributed by atoms with E-state index in [1.165, 1.54) is 25.7 Å². The number of rotatable bonds is 9. The Morgan fingerprint density at radius 1 is 1.04 bits per heavy atom. The van der Waals surface area contributed by atoms with Crippen LogP contribution in [0.3, 0.4) is 0 Å². The van der Waals surface area contributed by atoms with Gasteiger partial charge in [-0.15, -0.1) is 0 Å². The summed E-state index contributed by atoms with van der Waals surface area (Å²) in [6.45, 7) is 2.93. The number of unbranched alkanes of at least 4 members (excludes halogenated alkanes) is 4. The Morgan fingerprint density at radius 3 is 2.62 bits per heavy atom. The van der Waals surface area contributed by atoms with E-state index in [-0.39, 0.29) is 5.91 Å². The number of carbonyl (C=O) groups excluding carboxylic acids is 1. The van der Waals surface area contributed by atoms with E-state index in [4.69, 9.17) is 4.74 Å². The number of halogens is 1. The fourth-order valence-electron chi connectivity index (χ4n) is 2.39. The van der Waals surface area contributed by atoms with Gasteiger partial charge in [0.05, 0.1) is 6.61 Å². The summed E-state index contributed by atoms with van der Waals surface area (Å²) >= 11 is 3.38. The van der Waals surface area contributed by atoms with Crippen LogP contribution < -0.4 is 10.1 Å². The predicted octanol–water partition coefficient (Wildman–Crippen LogP) is 6.05. The topological polar surface area (TPSA) is 38.3 Å². The molecule has 0 spiro atoms. The lowest BCUT2D eigenvalue weighted by Crippen LogP contribution is -2.11. The number of hydrogen-bond acceptors (Lipinski definition) is 2. The minimum Gasteiger partial charge on any atom is -0.494 e. The van der Waals surface area contributed by atoms with Gasteiger partial charge in [-0.2, -0.15) is 0 Å². The van der Waals surface area contributed by atoms with Crippen LogP contribution in [0.25, 0.3) is 0 Å². The van der Waals surface area contributed by atoms with Crippen LogP contribution in [0.1, 0.15) is 49.4 Å². The molecule has 3 nitrogen and oxygen atoms in total. The number of anilines is 1. The van der Waals surface area contributed by atoms with Crippen molar-refractivity contribution in [3.63, 3.8) is 0 Å². The van der Waals surface area contributed by atoms with E-state index in [2.05, 4.69) is 28.2 Å². The molecule has 0 saturated heterocycles. The molecule has 1 amide bonds. The van der Waals surface area contributed by atoms with Gasteiger partial charge in [-0.1, -0.05) is 60.7 Å². The van der Waals surface area contributed by atoms with Gasteiger partial charge in [0, 0.05) is 21.8 Å². The Hall–Kier alpha value is -1.81. The SMILES string of the molecule is CCCCCCCOc1cccc(NC(=O)c2cccc(Br)c2)c1. The van der Waals surface area contributed by atoms with Crippen LogP contribution >= 0.6 is 15.9 Å².